The average molecular weight is 266 g/mol. The molecule has 0 saturated heterocycles. The summed E-state index contributed by atoms with van der Waals surface area (Å²) in [5.41, 5.74) is 8.11. The van der Waals surface area contributed by atoms with Crippen LogP contribution in [0.4, 0.5) is 5.69 Å². The summed E-state index contributed by atoms with van der Waals surface area (Å²) >= 11 is 1.76. The lowest BCUT2D eigenvalue weighted by molar-refractivity contribution is 0.0744. The number of benzene rings is 1. The van der Waals surface area contributed by atoms with Gasteiger partial charge in [-0.1, -0.05) is 18.6 Å². The van der Waals surface area contributed by atoms with Crippen molar-refractivity contribution in [1.82, 2.24) is 4.90 Å². The van der Waals surface area contributed by atoms with Crippen molar-refractivity contribution in [2.45, 2.75) is 26.3 Å². The van der Waals surface area contributed by atoms with E-state index in [0.29, 0.717) is 11.3 Å². The van der Waals surface area contributed by atoms with Crippen molar-refractivity contribution in [3.05, 3.63) is 29.3 Å². The molecular formula is C14H22N2OS. The summed E-state index contributed by atoms with van der Waals surface area (Å²) in [5.74, 6) is 0.960. The summed E-state index contributed by atoms with van der Waals surface area (Å²) in [7, 11) is 1.86. The third kappa shape index (κ3) is 3.42. The lowest BCUT2D eigenvalue weighted by atomic mass is 10.1. The summed E-state index contributed by atoms with van der Waals surface area (Å²) in [6, 6.07) is 5.84. The fourth-order valence-corrected chi connectivity index (χ4v) is 2.75. The highest BCUT2D eigenvalue weighted by Crippen LogP contribution is 2.18. The molecule has 0 radical (unpaired) electrons. The fraction of sp³-hybridized carbons (Fsp3) is 0.500. The van der Waals surface area contributed by atoms with E-state index in [1.54, 1.807) is 17.8 Å². The Balaban J connectivity index is 2.95. The van der Waals surface area contributed by atoms with E-state index in [2.05, 4.69) is 13.2 Å². The molecule has 2 N–H and O–H groups in total. The summed E-state index contributed by atoms with van der Waals surface area (Å²) < 4.78 is 0. The second-order valence-corrected chi connectivity index (χ2v) is 5.43. The van der Waals surface area contributed by atoms with Crippen LogP contribution in [0, 0.1) is 6.92 Å². The predicted molar refractivity (Wildman–Crippen MR) is 80.1 cm³/mol. The van der Waals surface area contributed by atoms with Crippen LogP contribution in [-0.4, -0.2) is 35.9 Å². The third-order valence-corrected chi connectivity index (χ3v) is 3.86. The molecule has 1 rings (SSSR count). The first-order chi connectivity index (χ1) is 8.51. The molecule has 1 atom stereocenters. The number of amides is 1. The maximum atomic E-state index is 12.4. The SMILES string of the molecule is CCC(CSC)N(C)C(=O)c1cc(C)ccc1N. The van der Waals surface area contributed by atoms with Crippen LogP contribution in [0.15, 0.2) is 18.2 Å². The number of hydrogen-bond acceptors (Lipinski definition) is 3. The molecule has 4 heteroatoms. The Morgan fingerprint density at radius 2 is 2.17 bits per heavy atom. The Morgan fingerprint density at radius 3 is 2.72 bits per heavy atom. The van der Waals surface area contributed by atoms with Crippen molar-refractivity contribution >= 4 is 23.4 Å². The zero-order valence-corrected chi connectivity index (χ0v) is 12.4. The fourth-order valence-electron chi connectivity index (χ4n) is 1.91. The monoisotopic (exact) mass is 266 g/mol. The van der Waals surface area contributed by atoms with Gasteiger partial charge in [-0.05, 0) is 31.7 Å². The molecule has 0 aliphatic rings. The van der Waals surface area contributed by atoms with Crippen LogP contribution in [0.3, 0.4) is 0 Å². The average Bonchev–Trinajstić information content (AvgIpc) is 2.37. The first-order valence-corrected chi connectivity index (χ1v) is 7.52. The zero-order chi connectivity index (χ0) is 13.7. The van der Waals surface area contributed by atoms with Crippen LogP contribution in [0.1, 0.15) is 29.3 Å². The quantitative estimate of drug-likeness (QED) is 0.834. The van der Waals surface area contributed by atoms with Gasteiger partial charge < -0.3 is 10.6 Å². The molecule has 0 aliphatic heterocycles. The number of nitrogen functional groups attached to an aromatic ring is 1. The first-order valence-electron chi connectivity index (χ1n) is 6.13. The van der Waals surface area contributed by atoms with Gasteiger partial charge in [0.05, 0.1) is 5.56 Å². The van der Waals surface area contributed by atoms with Gasteiger partial charge in [-0.3, -0.25) is 4.79 Å². The molecule has 3 nitrogen and oxygen atoms in total. The minimum Gasteiger partial charge on any atom is -0.398 e. The summed E-state index contributed by atoms with van der Waals surface area (Å²) in [6.07, 6.45) is 3.01. The highest BCUT2D eigenvalue weighted by molar-refractivity contribution is 7.98. The van der Waals surface area contributed by atoms with Crippen LogP contribution in [0.5, 0.6) is 0 Å². The summed E-state index contributed by atoms with van der Waals surface area (Å²) in [5, 5.41) is 0. The molecule has 0 fully saturated rings. The molecule has 0 heterocycles. The number of carbonyl (C=O) groups is 1. The number of aryl methyl sites for hydroxylation is 1. The van der Waals surface area contributed by atoms with Crippen LogP contribution >= 0.6 is 11.8 Å². The topological polar surface area (TPSA) is 46.3 Å². The lowest BCUT2D eigenvalue weighted by Gasteiger charge is -2.27. The molecule has 0 saturated carbocycles. The highest BCUT2D eigenvalue weighted by atomic mass is 32.2. The molecule has 1 aromatic rings. The molecule has 0 aliphatic carbocycles. The van der Waals surface area contributed by atoms with E-state index in [9.17, 15) is 4.79 Å². The standard InChI is InChI=1S/C14H22N2OS/c1-5-11(9-18-4)16(3)14(17)12-8-10(2)6-7-13(12)15/h6-8,11H,5,9,15H2,1-4H3. The van der Waals surface area contributed by atoms with Gasteiger partial charge in [-0.15, -0.1) is 0 Å². The van der Waals surface area contributed by atoms with Crippen molar-refractivity contribution < 1.29 is 4.79 Å². The lowest BCUT2D eigenvalue weighted by Crippen LogP contribution is -2.38. The molecule has 100 valence electrons. The molecule has 1 amide bonds. The van der Waals surface area contributed by atoms with Crippen LogP contribution in [-0.2, 0) is 0 Å². The largest absolute Gasteiger partial charge is 0.398 e. The van der Waals surface area contributed by atoms with Gasteiger partial charge in [0, 0.05) is 24.5 Å². The normalized spacial score (nSPS) is 12.2. The molecule has 0 aromatic heterocycles. The van der Waals surface area contributed by atoms with Crippen LogP contribution in [0.25, 0.3) is 0 Å². The predicted octanol–water partition coefficient (Wildman–Crippen LogP) is 2.79. The van der Waals surface area contributed by atoms with Crippen LogP contribution in [0.2, 0.25) is 0 Å². The maximum absolute atomic E-state index is 12.4. The minimum absolute atomic E-state index is 0.0112. The molecular weight excluding hydrogens is 244 g/mol. The molecule has 1 aromatic carbocycles. The van der Waals surface area contributed by atoms with Gasteiger partial charge in [0.25, 0.3) is 5.91 Å². The van der Waals surface area contributed by atoms with Crippen molar-refractivity contribution in [2.24, 2.45) is 0 Å². The number of nitrogens with two attached hydrogens (primary N) is 1. The van der Waals surface area contributed by atoms with Gasteiger partial charge >= 0.3 is 0 Å². The van der Waals surface area contributed by atoms with Crippen molar-refractivity contribution in [2.75, 3.05) is 24.8 Å². The van der Waals surface area contributed by atoms with Gasteiger partial charge in [-0.25, -0.2) is 0 Å². The highest BCUT2D eigenvalue weighted by Gasteiger charge is 2.21. The van der Waals surface area contributed by atoms with Gasteiger partial charge in [0.1, 0.15) is 0 Å². The number of rotatable bonds is 5. The maximum Gasteiger partial charge on any atom is 0.255 e. The molecule has 0 bridgehead atoms. The molecule has 18 heavy (non-hydrogen) atoms. The van der Waals surface area contributed by atoms with E-state index < -0.39 is 0 Å². The van der Waals surface area contributed by atoms with Crippen LogP contribution < -0.4 is 5.73 Å². The van der Waals surface area contributed by atoms with E-state index in [4.69, 9.17) is 5.73 Å². The smallest absolute Gasteiger partial charge is 0.255 e. The minimum atomic E-state index is 0.0112. The number of hydrogen-bond donors (Lipinski definition) is 1. The Labute approximate surface area is 114 Å². The van der Waals surface area contributed by atoms with E-state index in [0.717, 1.165) is 17.7 Å². The number of carbonyl (C=O) groups excluding carboxylic acids is 1. The molecule has 0 spiro atoms. The Morgan fingerprint density at radius 1 is 1.50 bits per heavy atom. The first kappa shape index (κ1) is 14.9. The van der Waals surface area contributed by atoms with Gasteiger partial charge in [0.15, 0.2) is 0 Å². The van der Waals surface area contributed by atoms with E-state index in [1.807, 2.05) is 31.0 Å². The van der Waals surface area contributed by atoms with Crippen molar-refractivity contribution in [1.29, 1.82) is 0 Å². The second-order valence-electron chi connectivity index (χ2n) is 4.52. The molecule has 1 unspecified atom stereocenters. The number of thioether (sulfide) groups is 1. The van der Waals surface area contributed by atoms with Crippen molar-refractivity contribution in [3.8, 4) is 0 Å². The van der Waals surface area contributed by atoms with E-state index >= 15 is 0 Å². The Bertz CT molecular complexity index is 420. The number of nitrogens with zero attached hydrogens (tertiary/aromatic N) is 1. The van der Waals surface area contributed by atoms with Gasteiger partial charge in [-0.2, -0.15) is 11.8 Å². The van der Waals surface area contributed by atoms with E-state index in [1.165, 1.54) is 0 Å². The van der Waals surface area contributed by atoms with E-state index in [-0.39, 0.29) is 11.9 Å². The van der Waals surface area contributed by atoms with Crippen molar-refractivity contribution in [3.63, 3.8) is 0 Å². The third-order valence-electron chi connectivity index (χ3n) is 3.14. The second kappa shape index (κ2) is 6.69. The Hall–Kier alpha value is -1.16. The number of anilines is 1. The summed E-state index contributed by atoms with van der Waals surface area (Å²) in [4.78, 5) is 14.2. The van der Waals surface area contributed by atoms with Gasteiger partial charge in [0.2, 0.25) is 0 Å². The zero-order valence-electron chi connectivity index (χ0n) is 11.6. The summed E-state index contributed by atoms with van der Waals surface area (Å²) in [6.45, 7) is 4.07. The Kier molecular flexibility index (Phi) is 5.54.